The van der Waals surface area contributed by atoms with E-state index in [-0.39, 0.29) is 17.9 Å². The summed E-state index contributed by atoms with van der Waals surface area (Å²) >= 11 is 0. The van der Waals surface area contributed by atoms with Crippen molar-refractivity contribution in [1.82, 2.24) is 14.7 Å². The van der Waals surface area contributed by atoms with Gasteiger partial charge in [-0.1, -0.05) is 72.8 Å². The molecule has 3 aromatic carbocycles. The van der Waals surface area contributed by atoms with E-state index in [1.807, 2.05) is 77.5 Å². The molecule has 6 nitrogen and oxygen atoms in total. The van der Waals surface area contributed by atoms with E-state index in [2.05, 4.69) is 29.2 Å². The highest BCUT2D eigenvalue weighted by molar-refractivity contribution is 5.79. The average molecular weight is 486 g/mol. The normalized spacial score (nSPS) is 14.0. The molecular weight excluding hydrogens is 450 g/mol. The molecule has 0 aliphatic carbocycles. The van der Waals surface area contributed by atoms with Crippen LogP contribution in [-0.2, 0) is 16.0 Å². The predicted molar refractivity (Wildman–Crippen MR) is 142 cm³/mol. The second-order valence-corrected chi connectivity index (χ2v) is 9.23. The molecule has 4 rings (SSSR count). The summed E-state index contributed by atoms with van der Waals surface area (Å²) in [5.74, 6) is 1.06. The Morgan fingerprint density at radius 3 is 1.92 bits per heavy atom. The molecule has 1 aliphatic rings. The first-order valence-electron chi connectivity index (χ1n) is 12.5. The van der Waals surface area contributed by atoms with Crippen LogP contribution in [0.4, 0.5) is 0 Å². The van der Waals surface area contributed by atoms with Crippen molar-refractivity contribution in [3.05, 3.63) is 102 Å². The van der Waals surface area contributed by atoms with E-state index in [9.17, 15) is 9.59 Å². The van der Waals surface area contributed by atoms with Crippen molar-refractivity contribution in [2.24, 2.45) is 0 Å². The van der Waals surface area contributed by atoms with Crippen LogP contribution in [0.1, 0.15) is 29.2 Å². The fourth-order valence-electron chi connectivity index (χ4n) is 4.71. The van der Waals surface area contributed by atoms with Gasteiger partial charge in [-0.05, 0) is 35.2 Å². The number of rotatable bonds is 9. The van der Waals surface area contributed by atoms with Gasteiger partial charge in [-0.15, -0.1) is 0 Å². The van der Waals surface area contributed by atoms with Crippen molar-refractivity contribution < 1.29 is 14.3 Å². The fourth-order valence-corrected chi connectivity index (χ4v) is 4.71. The Labute approximate surface area is 214 Å². The maximum Gasteiger partial charge on any atom is 0.237 e. The van der Waals surface area contributed by atoms with Crippen LogP contribution in [0.2, 0.25) is 0 Å². The third kappa shape index (κ3) is 6.52. The Balaban J connectivity index is 1.29. The van der Waals surface area contributed by atoms with Crippen molar-refractivity contribution in [3.8, 4) is 5.75 Å². The summed E-state index contributed by atoms with van der Waals surface area (Å²) in [4.78, 5) is 32.0. The van der Waals surface area contributed by atoms with Gasteiger partial charge < -0.3 is 14.5 Å². The molecule has 0 saturated carbocycles. The lowest BCUT2D eigenvalue weighted by Crippen LogP contribution is -2.51. The number of hydrogen-bond donors (Lipinski definition) is 0. The number of nitrogens with zero attached hydrogens (tertiary/aromatic N) is 3. The number of hydrogen-bond acceptors (Lipinski definition) is 4. The number of benzene rings is 3. The van der Waals surface area contributed by atoms with Gasteiger partial charge in [-0.3, -0.25) is 14.5 Å². The lowest BCUT2D eigenvalue weighted by Gasteiger charge is -2.36. The first-order chi connectivity index (χ1) is 17.5. The summed E-state index contributed by atoms with van der Waals surface area (Å²) in [6, 6.07) is 28.0. The van der Waals surface area contributed by atoms with Crippen molar-refractivity contribution >= 4 is 11.8 Å². The highest BCUT2D eigenvalue weighted by atomic mass is 16.5. The van der Waals surface area contributed by atoms with Gasteiger partial charge in [0.25, 0.3) is 0 Å². The van der Waals surface area contributed by atoms with Crippen molar-refractivity contribution in [2.45, 2.75) is 18.9 Å². The molecule has 0 unspecified atom stereocenters. The van der Waals surface area contributed by atoms with Gasteiger partial charge in [0.15, 0.2) is 0 Å². The van der Waals surface area contributed by atoms with Crippen molar-refractivity contribution in [3.63, 3.8) is 0 Å². The second kappa shape index (κ2) is 12.4. The number of likely N-dealkylation sites (N-methyl/N-ethyl adjacent to an activating group) is 1. The first kappa shape index (κ1) is 25.5. The van der Waals surface area contributed by atoms with E-state index in [0.29, 0.717) is 45.6 Å². The maximum atomic E-state index is 13.3. The summed E-state index contributed by atoms with van der Waals surface area (Å²) in [5.41, 5.74) is 3.31. The summed E-state index contributed by atoms with van der Waals surface area (Å²) in [6.07, 6.45) is 1.20. The molecular formula is C30H35N3O3. The Bertz CT molecular complexity index is 1070. The second-order valence-electron chi connectivity index (χ2n) is 9.23. The highest BCUT2D eigenvalue weighted by Crippen LogP contribution is 2.27. The fraction of sp³-hybridized carbons (Fsp3) is 0.333. The highest BCUT2D eigenvalue weighted by Gasteiger charge is 2.27. The SMILES string of the molecule is COc1ccc(CCC(=O)N2CCN(CC(=O)N(C)C(c3ccccc3)c3ccccc3)CC2)cc1. The lowest BCUT2D eigenvalue weighted by atomic mass is 9.97. The molecule has 1 fully saturated rings. The van der Waals surface area contributed by atoms with E-state index in [1.54, 1.807) is 7.11 Å². The van der Waals surface area contributed by atoms with Gasteiger partial charge in [0.1, 0.15) is 5.75 Å². The van der Waals surface area contributed by atoms with Gasteiger partial charge >= 0.3 is 0 Å². The monoisotopic (exact) mass is 485 g/mol. The van der Waals surface area contributed by atoms with Crippen LogP contribution in [-0.4, -0.2) is 73.4 Å². The molecule has 0 N–H and O–H groups in total. The van der Waals surface area contributed by atoms with Gasteiger partial charge in [-0.25, -0.2) is 0 Å². The number of carbonyl (C=O) groups excluding carboxylic acids is 2. The van der Waals surface area contributed by atoms with Crippen LogP contribution < -0.4 is 4.74 Å². The molecule has 1 saturated heterocycles. The molecule has 0 aromatic heterocycles. The molecule has 2 amide bonds. The van der Waals surface area contributed by atoms with Crippen LogP contribution in [0.15, 0.2) is 84.9 Å². The zero-order valence-corrected chi connectivity index (χ0v) is 21.2. The summed E-state index contributed by atoms with van der Waals surface area (Å²) in [6.45, 7) is 3.06. The Morgan fingerprint density at radius 2 is 1.39 bits per heavy atom. The molecule has 3 aromatic rings. The lowest BCUT2D eigenvalue weighted by molar-refractivity contribution is -0.135. The summed E-state index contributed by atoms with van der Waals surface area (Å²) in [5, 5.41) is 0. The smallest absolute Gasteiger partial charge is 0.237 e. The third-order valence-corrected chi connectivity index (χ3v) is 6.88. The van der Waals surface area contributed by atoms with E-state index < -0.39 is 0 Å². The number of piperazine rings is 1. The van der Waals surface area contributed by atoms with Crippen molar-refractivity contribution in [1.29, 1.82) is 0 Å². The zero-order valence-electron chi connectivity index (χ0n) is 21.2. The van der Waals surface area contributed by atoms with Crippen LogP contribution in [0.3, 0.4) is 0 Å². The minimum absolute atomic E-state index is 0.0759. The summed E-state index contributed by atoms with van der Waals surface area (Å²) in [7, 11) is 3.53. The largest absolute Gasteiger partial charge is 0.497 e. The number of aryl methyl sites for hydroxylation is 1. The number of methoxy groups -OCH3 is 1. The van der Waals surface area contributed by atoms with Gasteiger partial charge in [0.2, 0.25) is 11.8 Å². The van der Waals surface area contributed by atoms with E-state index in [0.717, 1.165) is 22.4 Å². The predicted octanol–water partition coefficient (Wildman–Crippen LogP) is 4.02. The average Bonchev–Trinajstić information content (AvgIpc) is 2.93. The van der Waals surface area contributed by atoms with Gasteiger partial charge in [0, 0.05) is 39.6 Å². The van der Waals surface area contributed by atoms with Crippen LogP contribution in [0.5, 0.6) is 5.75 Å². The van der Waals surface area contributed by atoms with E-state index in [1.165, 1.54) is 0 Å². The van der Waals surface area contributed by atoms with Crippen molar-refractivity contribution in [2.75, 3.05) is 46.9 Å². The molecule has 1 heterocycles. The van der Waals surface area contributed by atoms with Crippen LogP contribution in [0, 0.1) is 0 Å². The maximum absolute atomic E-state index is 13.3. The number of amides is 2. The first-order valence-corrected chi connectivity index (χ1v) is 12.5. The molecule has 36 heavy (non-hydrogen) atoms. The molecule has 0 bridgehead atoms. The topological polar surface area (TPSA) is 53.1 Å². The minimum atomic E-state index is -0.138. The zero-order chi connectivity index (χ0) is 25.3. The Morgan fingerprint density at radius 1 is 0.833 bits per heavy atom. The molecule has 1 aliphatic heterocycles. The third-order valence-electron chi connectivity index (χ3n) is 6.88. The van der Waals surface area contributed by atoms with Gasteiger partial charge in [-0.2, -0.15) is 0 Å². The molecule has 0 spiro atoms. The van der Waals surface area contributed by atoms with Crippen LogP contribution >= 0.6 is 0 Å². The quantitative estimate of drug-likeness (QED) is 0.459. The molecule has 188 valence electrons. The van der Waals surface area contributed by atoms with Crippen LogP contribution in [0.25, 0.3) is 0 Å². The van der Waals surface area contributed by atoms with Gasteiger partial charge in [0.05, 0.1) is 19.7 Å². The van der Waals surface area contributed by atoms with E-state index >= 15 is 0 Å². The molecule has 0 radical (unpaired) electrons. The molecule has 0 atom stereocenters. The minimum Gasteiger partial charge on any atom is -0.497 e. The number of carbonyl (C=O) groups is 2. The molecule has 6 heteroatoms. The standard InChI is InChI=1S/C30H35N3O3/c1-31(30(25-9-5-3-6-10-25)26-11-7-4-8-12-26)29(35)23-32-19-21-33(22-20-32)28(34)18-15-24-13-16-27(36-2)17-14-24/h3-14,16-17,30H,15,18-23H2,1-2H3. The number of ether oxygens (including phenoxy) is 1. The van der Waals surface area contributed by atoms with E-state index in [4.69, 9.17) is 4.74 Å². The Hall–Kier alpha value is -3.64. The Kier molecular flexibility index (Phi) is 8.74. The summed E-state index contributed by atoms with van der Waals surface area (Å²) < 4.78 is 5.19.